The molecule has 64 heavy (non-hydrogen) atoms. The van der Waals surface area contributed by atoms with Gasteiger partial charge in [0.05, 0.1) is 24.4 Å². The van der Waals surface area contributed by atoms with Crippen LogP contribution in [0.1, 0.15) is 112 Å². The fourth-order valence-corrected chi connectivity index (χ4v) is 10.9. The topological polar surface area (TPSA) is 195 Å². The van der Waals surface area contributed by atoms with Crippen molar-refractivity contribution in [3.8, 4) is 0 Å². The number of amides is 1. The molecule has 0 spiro atoms. The van der Waals surface area contributed by atoms with Crippen molar-refractivity contribution in [2.45, 2.75) is 167 Å². The minimum atomic E-state index is -2.43. The number of carbonyl (C=O) groups excluding carboxylic acids is 5. The van der Waals surface area contributed by atoms with Gasteiger partial charge in [0.1, 0.15) is 30.1 Å². The standard InChI is InChI=1S/C50H75NO13/c1-28-14-11-10-12-15-29(2)40(60-7)26-35-19-17-33(6)50(59,64-35)47(56)48(57)51-21-13-16-36-37(24-34-18-20-38(52)42(25-34)61-8)41(63-49(58)43(36)51)27-39(53)30(3)23-32(5)45(55)46(62-9)44(54)31(4)22-28/h10-12,14-15,23,28,30-31,33-38,40-43,45-46,52,55,59H,13,16-22,24-27H2,1-9H3/b12-10+,14-11+,29-15?,32-23+/t28?,30?,31-,33-,34+,35+,36-,37?,38?,40+,41+,42-,43+,45-,46+,50-/m1/s1. The fraction of sp³-hybridized carbons (Fsp3) is 0.740. The predicted octanol–water partition coefficient (Wildman–Crippen LogP) is 5.40. The van der Waals surface area contributed by atoms with Crippen LogP contribution in [0, 0.1) is 41.4 Å². The van der Waals surface area contributed by atoms with Crippen LogP contribution in [-0.4, -0.2) is 132 Å². The van der Waals surface area contributed by atoms with Crippen LogP contribution >= 0.6 is 0 Å². The zero-order valence-corrected chi connectivity index (χ0v) is 39.5. The fourth-order valence-electron chi connectivity index (χ4n) is 10.9. The highest BCUT2D eigenvalue weighted by Crippen LogP contribution is 2.45. The van der Waals surface area contributed by atoms with E-state index < -0.39 is 95.7 Å². The maximum absolute atomic E-state index is 14.4. The number of methoxy groups -OCH3 is 3. The number of allylic oxidation sites excluding steroid dienone is 6. The number of Topliss-reactive ketones (excluding diaryl/α,β-unsaturated/α-hetero) is 3. The van der Waals surface area contributed by atoms with Gasteiger partial charge in [0, 0.05) is 64.4 Å². The highest BCUT2D eigenvalue weighted by molar-refractivity contribution is 6.39. The van der Waals surface area contributed by atoms with Gasteiger partial charge in [-0.05, 0) is 101 Å². The third-order valence-corrected chi connectivity index (χ3v) is 14.9. The van der Waals surface area contributed by atoms with E-state index in [1.54, 1.807) is 41.1 Å². The first kappa shape index (κ1) is 51.6. The molecule has 3 N–H and O–H groups in total. The maximum Gasteiger partial charge on any atom is 0.329 e. The third kappa shape index (κ3) is 12.0. The van der Waals surface area contributed by atoms with E-state index >= 15 is 0 Å². The summed E-state index contributed by atoms with van der Waals surface area (Å²) in [6.07, 6.45) is 10.8. The maximum atomic E-state index is 14.4. The van der Waals surface area contributed by atoms with E-state index in [0.717, 1.165) is 5.57 Å². The first-order valence-corrected chi connectivity index (χ1v) is 23.5. The van der Waals surface area contributed by atoms with Crippen molar-refractivity contribution < 1.29 is 63.0 Å². The van der Waals surface area contributed by atoms with Crippen molar-refractivity contribution in [3.05, 3.63) is 47.6 Å². The van der Waals surface area contributed by atoms with Crippen molar-refractivity contribution in [3.63, 3.8) is 0 Å². The van der Waals surface area contributed by atoms with Crippen LogP contribution in [0.3, 0.4) is 0 Å². The molecule has 0 radical (unpaired) electrons. The van der Waals surface area contributed by atoms with Crippen LogP contribution in [-0.2, 0) is 47.7 Å². The molecule has 358 valence electrons. The van der Waals surface area contributed by atoms with Gasteiger partial charge in [-0.2, -0.15) is 0 Å². The van der Waals surface area contributed by atoms with Crippen LogP contribution in [0.15, 0.2) is 47.6 Å². The number of aliphatic hydroxyl groups excluding tert-OH is 2. The normalized spacial score (nSPS) is 42.3. The summed E-state index contributed by atoms with van der Waals surface area (Å²) in [6.45, 7) is 10.9. The number of rotatable bonds is 5. The summed E-state index contributed by atoms with van der Waals surface area (Å²) in [5, 5.41) is 34.1. The van der Waals surface area contributed by atoms with E-state index in [1.165, 1.54) is 12.0 Å². The number of esters is 1. The molecule has 4 fully saturated rings. The lowest BCUT2D eigenvalue weighted by atomic mass is 9.68. The molecular formula is C50H75NO13. The zero-order chi connectivity index (χ0) is 47.0. The molecule has 1 aliphatic carbocycles. The summed E-state index contributed by atoms with van der Waals surface area (Å²) in [6, 6.07) is -1.12. The lowest BCUT2D eigenvalue weighted by molar-refractivity contribution is -0.266. The Balaban J connectivity index is 1.51. The zero-order valence-electron chi connectivity index (χ0n) is 39.5. The van der Waals surface area contributed by atoms with Crippen LogP contribution in [0.5, 0.6) is 0 Å². The number of ether oxygens (including phenoxy) is 5. The van der Waals surface area contributed by atoms with Crippen molar-refractivity contribution in [1.82, 2.24) is 4.90 Å². The number of carbonyl (C=O) groups is 5. The molecule has 1 amide bonds. The van der Waals surface area contributed by atoms with E-state index in [2.05, 4.69) is 0 Å². The Morgan fingerprint density at radius 1 is 0.844 bits per heavy atom. The Bertz CT molecular complexity index is 1790. The Kier molecular flexibility index (Phi) is 18.5. The van der Waals surface area contributed by atoms with E-state index in [1.807, 2.05) is 51.2 Å². The van der Waals surface area contributed by atoms with E-state index in [9.17, 15) is 39.3 Å². The molecule has 5 rings (SSSR count). The number of aliphatic hydroxyl groups is 3. The van der Waals surface area contributed by atoms with Gasteiger partial charge in [-0.3, -0.25) is 19.2 Å². The highest BCUT2D eigenvalue weighted by Gasteiger charge is 2.57. The predicted molar refractivity (Wildman–Crippen MR) is 238 cm³/mol. The average molecular weight is 898 g/mol. The van der Waals surface area contributed by atoms with Gasteiger partial charge in [-0.15, -0.1) is 0 Å². The lowest BCUT2D eigenvalue weighted by Crippen LogP contribution is -2.65. The summed E-state index contributed by atoms with van der Waals surface area (Å²) < 4.78 is 29.4. The Labute approximate surface area is 379 Å². The molecule has 5 aliphatic rings. The second-order valence-electron chi connectivity index (χ2n) is 19.5. The molecule has 0 aromatic rings. The average Bonchev–Trinajstić information content (AvgIpc) is 3.27. The molecule has 16 atom stereocenters. The minimum Gasteiger partial charge on any atom is -0.460 e. The minimum absolute atomic E-state index is 0.0231. The molecule has 14 heteroatoms. The highest BCUT2D eigenvalue weighted by atomic mass is 16.6. The van der Waals surface area contributed by atoms with Crippen molar-refractivity contribution in [1.29, 1.82) is 0 Å². The Hall–Kier alpha value is -3.37. The Morgan fingerprint density at radius 3 is 2.27 bits per heavy atom. The van der Waals surface area contributed by atoms with Gasteiger partial charge in [-0.25, -0.2) is 4.79 Å². The third-order valence-electron chi connectivity index (χ3n) is 14.9. The van der Waals surface area contributed by atoms with Crippen LogP contribution in [0.2, 0.25) is 0 Å². The molecule has 4 bridgehead atoms. The Morgan fingerprint density at radius 2 is 1.58 bits per heavy atom. The van der Waals surface area contributed by atoms with Gasteiger partial charge in [0.2, 0.25) is 5.79 Å². The summed E-state index contributed by atoms with van der Waals surface area (Å²) in [5.41, 5.74) is 1.28. The lowest BCUT2D eigenvalue weighted by Gasteiger charge is -2.50. The summed E-state index contributed by atoms with van der Waals surface area (Å²) in [7, 11) is 4.52. The molecule has 4 heterocycles. The van der Waals surface area contributed by atoms with Crippen molar-refractivity contribution in [2.75, 3.05) is 27.9 Å². The first-order valence-electron chi connectivity index (χ1n) is 23.5. The molecule has 0 aromatic heterocycles. The van der Waals surface area contributed by atoms with Gasteiger partial charge < -0.3 is 43.9 Å². The molecule has 4 unspecified atom stereocenters. The number of nitrogens with zero attached hydrogens (tertiary/aromatic N) is 1. The van der Waals surface area contributed by atoms with Gasteiger partial charge >= 0.3 is 5.97 Å². The number of fused-ring (bicyclic) bond motifs is 4. The molecule has 0 aromatic carbocycles. The van der Waals surface area contributed by atoms with E-state index in [-0.39, 0.29) is 42.5 Å². The monoisotopic (exact) mass is 898 g/mol. The smallest absolute Gasteiger partial charge is 0.329 e. The van der Waals surface area contributed by atoms with Crippen LogP contribution < -0.4 is 0 Å². The molecule has 14 nitrogen and oxygen atoms in total. The van der Waals surface area contributed by atoms with E-state index in [0.29, 0.717) is 69.8 Å². The second-order valence-corrected chi connectivity index (χ2v) is 19.5. The summed E-state index contributed by atoms with van der Waals surface area (Å²) in [5.74, 6) is -8.43. The van der Waals surface area contributed by atoms with Gasteiger partial charge in [0.25, 0.3) is 11.7 Å². The summed E-state index contributed by atoms with van der Waals surface area (Å²) >= 11 is 0. The molecule has 1 saturated carbocycles. The van der Waals surface area contributed by atoms with Gasteiger partial charge in [-0.1, -0.05) is 64.2 Å². The van der Waals surface area contributed by atoms with Crippen molar-refractivity contribution >= 4 is 29.2 Å². The van der Waals surface area contributed by atoms with Crippen LogP contribution in [0.4, 0.5) is 0 Å². The second kappa shape index (κ2) is 22.9. The molecule has 4 aliphatic heterocycles. The SMILES string of the molecule is CO[C@H]1C[C@@H]2CC[C@@H](C)[C@@](O)(O2)C(=O)C(=O)N2CCC[C@@H]3C(C[C@@H]4CCC(O)[C@H](OC)C4)[C@H](CC(=O)C(C)/C=C(\C)[C@@H](O)[C@@H](OC)C(=O)[C@H](C)CC(C)/C=C/C=C/C=C1C)OC(=O)[C@H]32. The largest absolute Gasteiger partial charge is 0.460 e. The van der Waals surface area contributed by atoms with Gasteiger partial charge in [0.15, 0.2) is 5.78 Å². The number of hydrogen-bond donors (Lipinski definition) is 3. The first-order chi connectivity index (χ1) is 30.3. The van der Waals surface area contributed by atoms with E-state index in [4.69, 9.17) is 23.7 Å². The number of ketones is 3. The summed E-state index contributed by atoms with van der Waals surface area (Å²) in [4.78, 5) is 72.0. The number of piperidine rings is 1. The van der Waals surface area contributed by atoms with Crippen LogP contribution in [0.25, 0.3) is 0 Å². The molecule has 3 saturated heterocycles. The quantitative estimate of drug-likeness (QED) is 0.181. The number of hydrogen-bond acceptors (Lipinski definition) is 13. The van der Waals surface area contributed by atoms with Crippen molar-refractivity contribution in [2.24, 2.45) is 41.4 Å². The molecular weight excluding hydrogens is 823 g/mol.